The molecular formula is C20H21F3N6O2. The van der Waals surface area contributed by atoms with E-state index in [4.69, 9.17) is 0 Å². The number of likely N-dealkylation sites (tertiary alicyclic amines) is 1. The van der Waals surface area contributed by atoms with Gasteiger partial charge in [-0.3, -0.25) is 9.59 Å². The van der Waals surface area contributed by atoms with Crippen molar-refractivity contribution < 1.29 is 22.8 Å². The van der Waals surface area contributed by atoms with Gasteiger partial charge >= 0.3 is 0 Å². The molecule has 2 N–H and O–H groups in total. The Kier molecular flexibility index (Phi) is 5.19. The van der Waals surface area contributed by atoms with Gasteiger partial charge in [0.2, 0.25) is 11.9 Å². The van der Waals surface area contributed by atoms with Crippen LogP contribution in [0.4, 0.5) is 30.6 Å². The summed E-state index contributed by atoms with van der Waals surface area (Å²) >= 11 is 0. The number of amides is 2. The van der Waals surface area contributed by atoms with E-state index in [1.54, 1.807) is 14.0 Å². The van der Waals surface area contributed by atoms with E-state index in [1.807, 2.05) is 11.8 Å². The Morgan fingerprint density at radius 3 is 2.48 bits per heavy atom. The van der Waals surface area contributed by atoms with E-state index in [9.17, 15) is 22.8 Å². The van der Waals surface area contributed by atoms with Crippen molar-refractivity contribution in [1.82, 2.24) is 14.9 Å². The van der Waals surface area contributed by atoms with Crippen LogP contribution in [0.3, 0.4) is 0 Å². The van der Waals surface area contributed by atoms with E-state index >= 15 is 0 Å². The summed E-state index contributed by atoms with van der Waals surface area (Å²) < 4.78 is 39.9. The van der Waals surface area contributed by atoms with Crippen molar-refractivity contribution in [2.75, 3.05) is 35.7 Å². The molecule has 164 valence electrons. The second-order valence-corrected chi connectivity index (χ2v) is 7.66. The maximum Gasteiger partial charge on any atom is 0.254 e. The van der Waals surface area contributed by atoms with Gasteiger partial charge in [0.05, 0.1) is 11.7 Å². The Labute approximate surface area is 176 Å². The van der Waals surface area contributed by atoms with Crippen LogP contribution in [0.15, 0.2) is 12.1 Å². The average Bonchev–Trinajstić information content (AvgIpc) is 2.69. The number of carbonyl (C=O) groups excluding carboxylic acids is 2. The lowest BCUT2D eigenvalue weighted by Crippen LogP contribution is -2.57. The fourth-order valence-corrected chi connectivity index (χ4v) is 3.79. The molecule has 0 spiro atoms. The molecule has 0 bridgehead atoms. The van der Waals surface area contributed by atoms with Gasteiger partial charge in [-0.25, -0.2) is 18.2 Å². The third kappa shape index (κ3) is 3.64. The number of hydrogen-bond donors (Lipinski definition) is 2. The van der Waals surface area contributed by atoms with Crippen molar-refractivity contribution in [3.63, 3.8) is 0 Å². The monoisotopic (exact) mass is 434 g/mol. The predicted octanol–water partition coefficient (Wildman–Crippen LogP) is 2.31. The minimum atomic E-state index is -1.61. The van der Waals surface area contributed by atoms with Gasteiger partial charge < -0.3 is 20.4 Å². The number of aryl methyl sites for hydroxylation is 1. The number of likely N-dealkylation sites (N-methyl/N-ethyl adjacent to an activating group) is 1. The summed E-state index contributed by atoms with van der Waals surface area (Å²) in [6.45, 7) is 4.21. The topological polar surface area (TPSA) is 90.5 Å². The number of nitrogens with one attached hydrogen (secondary N) is 2. The summed E-state index contributed by atoms with van der Waals surface area (Å²) in [6.07, 6.45) is 0.623. The Hall–Kier alpha value is -3.37. The largest absolute Gasteiger partial charge is 0.348 e. The molecule has 2 aromatic rings. The number of aromatic nitrogens is 2. The summed E-state index contributed by atoms with van der Waals surface area (Å²) in [5.41, 5.74) is 0.916. The fraction of sp³-hybridized carbons (Fsp3) is 0.400. The molecule has 0 radical (unpaired) electrons. The second-order valence-electron chi connectivity index (χ2n) is 7.66. The zero-order chi connectivity index (χ0) is 22.4. The maximum atomic E-state index is 13.4. The van der Waals surface area contributed by atoms with Gasteiger partial charge in [-0.2, -0.15) is 4.98 Å². The molecule has 3 heterocycles. The number of halogens is 3. The highest BCUT2D eigenvalue weighted by molar-refractivity contribution is 6.03. The highest BCUT2D eigenvalue weighted by Crippen LogP contribution is 2.33. The van der Waals surface area contributed by atoms with E-state index in [2.05, 4.69) is 20.6 Å². The molecule has 31 heavy (non-hydrogen) atoms. The zero-order valence-electron chi connectivity index (χ0n) is 17.2. The molecule has 2 aliphatic heterocycles. The summed E-state index contributed by atoms with van der Waals surface area (Å²) in [6, 6.07) is 0.877. The molecule has 0 aliphatic carbocycles. The van der Waals surface area contributed by atoms with Gasteiger partial charge in [-0.15, -0.1) is 0 Å². The van der Waals surface area contributed by atoms with E-state index in [0.717, 1.165) is 0 Å². The van der Waals surface area contributed by atoms with E-state index < -0.39 is 23.4 Å². The fourth-order valence-electron chi connectivity index (χ4n) is 3.79. The molecule has 1 atom stereocenters. The molecule has 1 saturated heterocycles. The van der Waals surface area contributed by atoms with Crippen molar-refractivity contribution in [2.24, 2.45) is 0 Å². The number of anilines is 3. The maximum absolute atomic E-state index is 13.4. The van der Waals surface area contributed by atoms with Gasteiger partial charge in [0.15, 0.2) is 23.3 Å². The smallest absolute Gasteiger partial charge is 0.254 e. The lowest BCUT2D eigenvalue weighted by atomic mass is 10.1. The van der Waals surface area contributed by atoms with Crippen molar-refractivity contribution in [3.05, 3.63) is 40.8 Å². The molecule has 8 nitrogen and oxygen atoms in total. The Morgan fingerprint density at radius 1 is 1.23 bits per heavy atom. The summed E-state index contributed by atoms with van der Waals surface area (Å²) in [4.78, 5) is 36.7. The normalized spacial score (nSPS) is 18.4. The first-order valence-electron chi connectivity index (χ1n) is 9.82. The molecule has 11 heteroatoms. The van der Waals surface area contributed by atoms with Crippen LogP contribution >= 0.6 is 0 Å². The van der Waals surface area contributed by atoms with Crippen molar-refractivity contribution in [2.45, 2.75) is 32.4 Å². The standard InChI is InChI=1S/C20H21F3N6O2/c1-4-14-18(30)26-16-9(2)24-20(27-17(16)28(14)3)25-11-7-29(8-11)19(31)10-5-12(21)15(23)13(22)6-10/h5-6,11,14H,4,7-8H2,1-3H3,(H,26,30)(H,24,25,27). The molecule has 0 saturated carbocycles. The summed E-state index contributed by atoms with van der Waals surface area (Å²) in [5, 5.41) is 5.99. The third-order valence-corrected chi connectivity index (χ3v) is 5.54. The first kappa shape index (κ1) is 20.9. The number of fused-ring (bicyclic) bond motifs is 1. The lowest BCUT2D eigenvalue weighted by molar-refractivity contribution is -0.117. The first-order chi connectivity index (χ1) is 14.7. The number of hydrogen-bond acceptors (Lipinski definition) is 6. The minimum absolute atomic E-state index is 0.105. The van der Waals surface area contributed by atoms with Crippen LogP contribution in [-0.4, -0.2) is 58.9 Å². The SMILES string of the molecule is CCC1C(=O)Nc2c(C)nc(NC3CN(C(=O)c4cc(F)c(F)c(F)c4)C3)nc2N1C. The summed E-state index contributed by atoms with van der Waals surface area (Å²) in [7, 11) is 1.80. The molecule has 2 aliphatic rings. The van der Waals surface area contributed by atoms with Crippen molar-refractivity contribution in [1.29, 1.82) is 0 Å². The zero-order valence-corrected chi connectivity index (χ0v) is 17.2. The lowest BCUT2D eigenvalue weighted by Gasteiger charge is -2.40. The van der Waals surface area contributed by atoms with Crippen LogP contribution in [0.25, 0.3) is 0 Å². The highest BCUT2D eigenvalue weighted by atomic mass is 19.2. The quantitative estimate of drug-likeness (QED) is 0.718. The van der Waals surface area contributed by atoms with Crippen molar-refractivity contribution in [3.8, 4) is 0 Å². The van der Waals surface area contributed by atoms with Gasteiger partial charge in [-0.1, -0.05) is 6.92 Å². The average molecular weight is 434 g/mol. The summed E-state index contributed by atoms with van der Waals surface area (Å²) in [5.74, 6) is -4.16. The number of nitrogens with zero attached hydrogens (tertiary/aromatic N) is 4. The molecule has 1 fully saturated rings. The molecule has 1 unspecified atom stereocenters. The van der Waals surface area contributed by atoms with Gasteiger partial charge in [0.25, 0.3) is 5.91 Å². The third-order valence-electron chi connectivity index (χ3n) is 5.54. The molecule has 2 amide bonds. The number of carbonyl (C=O) groups is 2. The van der Waals surface area contributed by atoms with Gasteiger partial charge in [0.1, 0.15) is 11.7 Å². The van der Waals surface area contributed by atoms with Crippen LogP contribution in [-0.2, 0) is 4.79 Å². The molecule has 1 aromatic heterocycles. The Bertz CT molecular complexity index is 1050. The van der Waals surface area contributed by atoms with Crippen LogP contribution in [0, 0.1) is 24.4 Å². The second kappa shape index (κ2) is 7.71. The van der Waals surface area contributed by atoms with Gasteiger partial charge in [0, 0.05) is 25.7 Å². The Balaban J connectivity index is 1.44. The highest BCUT2D eigenvalue weighted by Gasteiger charge is 2.35. The molecular weight excluding hydrogens is 413 g/mol. The molecule has 4 rings (SSSR count). The van der Waals surface area contributed by atoms with E-state index in [1.165, 1.54) is 4.90 Å². The van der Waals surface area contributed by atoms with Crippen LogP contribution < -0.4 is 15.5 Å². The Morgan fingerprint density at radius 2 is 1.87 bits per heavy atom. The van der Waals surface area contributed by atoms with Crippen molar-refractivity contribution >= 4 is 29.3 Å². The number of benzene rings is 1. The van der Waals surface area contributed by atoms with E-state index in [0.29, 0.717) is 41.7 Å². The van der Waals surface area contributed by atoms with Crippen LogP contribution in [0.1, 0.15) is 29.4 Å². The minimum Gasteiger partial charge on any atom is -0.348 e. The molecule has 1 aromatic carbocycles. The van der Waals surface area contributed by atoms with Gasteiger partial charge in [-0.05, 0) is 25.5 Å². The number of rotatable bonds is 4. The van der Waals surface area contributed by atoms with E-state index in [-0.39, 0.29) is 36.6 Å². The van der Waals surface area contributed by atoms with Crippen LogP contribution in [0.2, 0.25) is 0 Å². The first-order valence-corrected chi connectivity index (χ1v) is 9.82. The predicted molar refractivity (Wildman–Crippen MR) is 108 cm³/mol. The van der Waals surface area contributed by atoms with Crippen LogP contribution in [0.5, 0.6) is 0 Å².